The van der Waals surface area contributed by atoms with Crippen LogP contribution in [0, 0.1) is 0 Å². The highest BCUT2D eigenvalue weighted by molar-refractivity contribution is 5.53. The number of hydrogen-bond donors (Lipinski definition) is 2. The maximum atomic E-state index is 12.3. The summed E-state index contributed by atoms with van der Waals surface area (Å²) < 4.78 is 36.8. The number of pyridine rings is 1. The molecule has 4 nitrogen and oxygen atoms in total. The number of hydrazine groups is 1. The molecule has 1 rings (SSSR count). The first-order valence-electron chi connectivity index (χ1n) is 4.70. The second-order valence-electron chi connectivity index (χ2n) is 3.17. The van der Waals surface area contributed by atoms with Crippen molar-refractivity contribution in [2.24, 2.45) is 5.84 Å². The lowest BCUT2D eigenvalue weighted by molar-refractivity contribution is -0.119. The minimum atomic E-state index is -4.23. The number of nitrogens with one attached hydrogen (secondary N) is 1. The van der Waals surface area contributed by atoms with Gasteiger partial charge >= 0.3 is 6.18 Å². The molecule has 1 aromatic heterocycles. The van der Waals surface area contributed by atoms with E-state index in [1.54, 1.807) is 6.92 Å². The molecular weight excluding hydrogens is 221 g/mol. The van der Waals surface area contributed by atoms with Crippen LogP contribution < -0.4 is 16.2 Å². The van der Waals surface area contributed by atoms with Crippen LogP contribution in [0.3, 0.4) is 0 Å². The smallest absolute Gasteiger partial charge is 0.363 e. The molecule has 7 heteroatoms. The summed E-state index contributed by atoms with van der Waals surface area (Å²) in [5.41, 5.74) is 2.72. The monoisotopic (exact) mass is 234 g/mol. The van der Waals surface area contributed by atoms with Crippen molar-refractivity contribution in [1.82, 2.24) is 4.98 Å². The lowest BCUT2D eigenvalue weighted by Crippen LogP contribution is -2.34. The Kier molecular flexibility index (Phi) is 3.94. The maximum Gasteiger partial charge on any atom is 0.405 e. The van der Waals surface area contributed by atoms with Crippen molar-refractivity contribution in [3.05, 3.63) is 18.3 Å². The van der Waals surface area contributed by atoms with E-state index in [1.807, 2.05) is 0 Å². The molecule has 0 aliphatic carbocycles. The number of hydrogen-bond acceptors (Lipinski definition) is 4. The van der Waals surface area contributed by atoms with Crippen molar-refractivity contribution in [3.8, 4) is 0 Å². The fourth-order valence-corrected chi connectivity index (χ4v) is 1.30. The van der Waals surface area contributed by atoms with E-state index < -0.39 is 12.7 Å². The van der Waals surface area contributed by atoms with Crippen molar-refractivity contribution >= 4 is 11.5 Å². The Morgan fingerprint density at radius 3 is 2.69 bits per heavy atom. The van der Waals surface area contributed by atoms with Crippen molar-refractivity contribution in [2.75, 3.05) is 23.4 Å². The second-order valence-corrected chi connectivity index (χ2v) is 3.17. The average molecular weight is 234 g/mol. The summed E-state index contributed by atoms with van der Waals surface area (Å²) >= 11 is 0. The molecule has 0 bridgehead atoms. The van der Waals surface area contributed by atoms with Gasteiger partial charge in [0.25, 0.3) is 0 Å². The highest BCUT2D eigenvalue weighted by Crippen LogP contribution is 2.22. The third kappa shape index (κ3) is 3.58. The van der Waals surface area contributed by atoms with Crippen LogP contribution in [0.4, 0.5) is 24.7 Å². The van der Waals surface area contributed by atoms with Crippen LogP contribution in [0.25, 0.3) is 0 Å². The molecular formula is C9H13F3N4. The SMILES string of the molecule is CCN(CC(F)(F)F)c1ccnc(NN)c1. The third-order valence-corrected chi connectivity index (χ3v) is 2.01. The predicted octanol–water partition coefficient (Wildman–Crippen LogP) is 1.76. The number of nitrogens with zero attached hydrogens (tertiary/aromatic N) is 2. The molecule has 1 heterocycles. The van der Waals surface area contributed by atoms with Crippen LogP contribution in [0.2, 0.25) is 0 Å². The van der Waals surface area contributed by atoms with E-state index >= 15 is 0 Å². The highest BCUT2D eigenvalue weighted by Gasteiger charge is 2.30. The Hall–Kier alpha value is -1.50. The average Bonchev–Trinajstić information content (AvgIpc) is 2.25. The molecule has 0 fully saturated rings. The molecule has 0 radical (unpaired) electrons. The van der Waals surface area contributed by atoms with Gasteiger partial charge in [0.2, 0.25) is 0 Å². The normalized spacial score (nSPS) is 11.3. The molecule has 0 atom stereocenters. The van der Waals surface area contributed by atoms with Gasteiger partial charge in [0.05, 0.1) is 0 Å². The minimum Gasteiger partial charge on any atom is -0.363 e. The number of rotatable bonds is 4. The van der Waals surface area contributed by atoms with Crippen LogP contribution in [-0.2, 0) is 0 Å². The van der Waals surface area contributed by atoms with E-state index in [9.17, 15) is 13.2 Å². The fraction of sp³-hybridized carbons (Fsp3) is 0.444. The standard InChI is InChI=1S/C9H13F3N4/c1-2-16(6-9(10,11)12)7-3-4-14-8(5-7)15-13/h3-5H,2,6,13H2,1H3,(H,14,15). The van der Waals surface area contributed by atoms with Crippen LogP contribution in [0.15, 0.2) is 18.3 Å². The summed E-state index contributed by atoms with van der Waals surface area (Å²) in [4.78, 5) is 5.02. The Morgan fingerprint density at radius 2 is 2.19 bits per heavy atom. The van der Waals surface area contributed by atoms with Gasteiger partial charge in [0.15, 0.2) is 0 Å². The van der Waals surface area contributed by atoms with E-state index in [2.05, 4.69) is 10.4 Å². The minimum absolute atomic E-state index is 0.257. The molecule has 0 unspecified atom stereocenters. The molecule has 0 aliphatic heterocycles. The van der Waals surface area contributed by atoms with Crippen LogP contribution >= 0.6 is 0 Å². The molecule has 3 N–H and O–H groups in total. The van der Waals surface area contributed by atoms with Gasteiger partial charge in [-0.15, -0.1) is 0 Å². The Labute approximate surface area is 91.2 Å². The van der Waals surface area contributed by atoms with Crippen molar-refractivity contribution in [1.29, 1.82) is 0 Å². The molecule has 0 spiro atoms. The van der Waals surface area contributed by atoms with Gasteiger partial charge in [-0.25, -0.2) is 10.8 Å². The van der Waals surface area contributed by atoms with E-state index in [-0.39, 0.29) is 6.54 Å². The maximum absolute atomic E-state index is 12.3. The number of aromatic nitrogens is 1. The highest BCUT2D eigenvalue weighted by atomic mass is 19.4. The number of anilines is 2. The molecule has 90 valence electrons. The van der Waals surface area contributed by atoms with Gasteiger partial charge < -0.3 is 10.3 Å². The van der Waals surface area contributed by atoms with Crippen LogP contribution in [-0.4, -0.2) is 24.2 Å². The lowest BCUT2D eigenvalue weighted by atomic mass is 10.3. The largest absolute Gasteiger partial charge is 0.405 e. The van der Waals surface area contributed by atoms with Gasteiger partial charge in [-0.2, -0.15) is 13.2 Å². The van der Waals surface area contributed by atoms with E-state index in [0.29, 0.717) is 11.5 Å². The Balaban J connectivity index is 2.86. The van der Waals surface area contributed by atoms with Crippen molar-refractivity contribution in [2.45, 2.75) is 13.1 Å². The van der Waals surface area contributed by atoms with Crippen molar-refractivity contribution in [3.63, 3.8) is 0 Å². The van der Waals surface area contributed by atoms with Crippen LogP contribution in [0.5, 0.6) is 0 Å². The van der Waals surface area contributed by atoms with E-state index in [0.717, 1.165) is 0 Å². The van der Waals surface area contributed by atoms with E-state index in [1.165, 1.54) is 23.2 Å². The molecule has 1 aromatic rings. The first-order valence-corrected chi connectivity index (χ1v) is 4.70. The Morgan fingerprint density at radius 1 is 1.50 bits per heavy atom. The second kappa shape index (κ2) is 5.02. The van der Waals surface area contributed by atoms with Crippen molar-refractivity contribution < 1.29 is 13.2 Å². The quantitative estimate of drug-likeness (QED) is 0.615. The molecule has 16 heavy (non-hydrogen) atoms. The zero-order valence-electron chi connectivity index (χ0n) is 8.75. The van der Waals surface area contributed by atoms with Gasteiger partial charge in [-0.1, -0.05) is 0 Å². The topological polar surface area (TPSA) is 54.2 Å². The lowest BCUT2D eigenvalue weighted by Gasteiger charge is -2.24. The third-order valence-electron chi connectivity index (χ3n) is 2.01. The van der Waals surface area contributed by atoms with Gasteiger partial charge in [-0.05, 0) is 13.0 Å². The summed E-state index contributed by atoms with van der Waals surface area (Å²) in [5, 5.41) is 0. The van der Waals surface area contributed by atoms with Gasteiger partial charge in [0.1, 0.15) is 12.4 Å². The fourth-order valence-electron chi connectivity index (χ4n) is 1.30. The molecule has 0 aromatic carbocycles. The molecule has 0 saturated heterocycles. The molecule has 0 saturated carbocycles. The molecule has 0 amide bonds. The Bertz CT molecular complexity index is 340. The number of alkyl halides is 3. The van der Waals surface area contributed by atoms with Crippen LogP contribution in [0.1, 0.15) is 6.92 Å². The summed E-state index contributed by atoms with van der Waals surface area (Å²) in [6.07, 6.45) is -2.82. The summed E-state index contributed by atoms with van der Waals surface area (Å²) in [6, 6.07) is 2.98. The summed E-state index contributed by atoms with van der Waals surface area (Å²) in [7, 11) is 0. The first kappa shape index (κ1) is 12.6. The van der Waals surface area contributed by atoms with Gasteiger partial charge in [0, 0.05) is 24.5 Å². The number of halogens is 3. The predicted molar refractivity (Wildman–Crippen MR) is 56.0 cm³/mol. The zero-order chi connectivity index (χ0) is 12.2. The molecule has 0 aliphatic rings. The summed E-state index contributed by atoms with van der Waals surface area (Å²) in [5.74, 6) is 5.47. The van der Waals surface area contributed by atoms with E-state index in [4.69, 9.17) is 5.84 Å². The number of nitrogen functional groups attached to an aromatic ring is 1. The van der Waals surface area contributed by atoms with Gasteiger partial charge in [-0.3, -0.25) is 0 Å². The summed E-state index contributed by atoms with van der Waals surface area (Å²) in [6.45, 7) is 0.923. The first-order chi connectivity index (χ1) is 7.46. The number of nitrogens with two attached hydrogens (primary N) is 1. The zero-order valence-corrected chi connectivity index (χ0v) is 8.75.